The van der Waals surface area contributed by atoms with Gasteiger partial charge in [0.25, 0.3) is 0 Å². The first kappa shape index (κ1) is 17.0. The molecule has 0 bridgehead atoms. The Labute approximate surface area is 143 Å². The normalized spacial score (nSPS) is 23.5. The molecule has 2 N–H and O–H groups in total. The smallest absolute Gasteiger partial charge is 0.233 e. The molecule has 1 atom stereocenters. The monoisotopic (exact) mass is 329 g/mol. The lowest BCUT2D eigenvalue weighted by Crippen LogP contribution is -2.47. The minimum Gasteiger partial charge on any atom is -0.342 e. The molecule has 5 nitrogen and oxygen atoms in total. The number of benzene rings is 1. The second kappa shape index (κ2) is 6.93. The van der Waals surface area contributed by atoms with Gasteiger partial charge in [-0.1, -0.05) is 17.7 Å². The number of amides is 2. The Balaban J connectivity index is 1.56. The Kier molecular flexibility index (Phi) is 4.90. The number of hydrogen-bond donors (Lipinski definition) is 2. The van der Waals surface area contributed by atoms with Crippen LogP contribution in [0.4, 0.5) is 5.69 Å². The van der Waals surface area contributed by atoms with Crippen molar-refractivity contribution in [2.45, 2.75) is 39.5 Å². The van der Waals surface area contributed by atoms with Crippen LogP contribution in [0.5, 0.6) is 0 Å². The summed E-state index contributed by atoms with van der Waals surface area (Å²) in [5.41, 5.74) is 3.20. The molecule has 0 aliphatic carbocycles. The summed E-state index contributed by atoms with van der Waals surface area (Å²) in [5, 5.41) is 6.28. The van der Waals surface area contributed by atoms with Crippen molar-refractivity contribution < 1.29 is 9.59 Å². The van der Waals surface area contributed by atoms with Crippen molar-refractivity contribution in [3.8, 4) is 0 Å². The summed E-state index contributed by atoms with van der Waals surface area (Å²) in [4.78, 5) is 26.7. The second-order valence-electron chi connectivity index (χ2n) is 7.39. The Morgan fingerprint density at radius 1 is 1.29 bits per heavy atom. The molecule has 2 amide bonds. The van der Waals surface area contributed by atoms with Gasteiger partial charge < -0.3 is 15.5 Å². The summed E-state index contributed by atoms with van der Waals surface area (Å²) < 4.78 is 0. The maximum Gasteiger partial charge on any atom is 0.233 e. The zero-order valence-electron chi connectivity index (χ0n) is 14.7. The van der Waals surface area contributed by atoms with Crippen molar-refractivity contribution in [3.63, 3.8) is 0 Å². The molecule has 1 aromatic rings. The van der Waals surface area contributed by atoms with E-state index in [9.17, 15) is 9.59 Å². The molecule has 1 spiro atoms. The average Bonchev–Trinajstić information content (AvgIpc) is 2.98. The summed E-state index contributed by atoms with van der Waals surface area (Å²) in [6.45, 7) is 7.58. The molecular formula is C19H27N3O2. The summed E-state index contributed by atoms with van der Waals surface area (Å²) in [7, 11) is 0. The van der Waals surface area contributed by atoms with Gasteiger partial charge in [0.1, 0.15) is 6.42 Å². The lowest BCUT2D eigenvalue weighted by molar-refractivity contribution is -0.137. The topological polar surface area (TPSA) is 61.4 Å². The molecule has 2 aliphatic rings. The fraction of sp³-hybridized carbons (Fsp3) is 0.579. The zero-order chi connectivity index (χ0) is 17.2. The van der Waals surface area contributed by atoms with Gasteiger partial charge in [-0.3, -0.25) is 9.59 Å². The average molecular weight is 329 g/mol. The van der Waals surface area contributed by atoms with E-state index in [4.69, 9.17) is 0 Å². The Hall–Kier alpha value is -1.88. The Morgan fingerprint density at radius 2 is 2.12 bits per heavy atom. The van der Waals surface area contributed by atoms with E-state index in [2.05, 4.69) is 10.6 Å². The van der Waals surface area contributed by atoms with Gasteiger partial charge in [-0.2, -0.15) is 0 Å². The van der Waals surface area contributed by atoms with Crippen molar-refractivity contribution in [3.05, 3.63) is 29.3 Å². The van der Waals surface area contributed by atoms with E-state index in [-0.39, 0.29) is 23.7 Å². The van der Waals surface area contributed by atoms with E-state index in [0.29, 0.717) is 0 Å². The van der Waals surface area contributed by atoms with Crippen LogP contribution in [0.15, 0.2) is 18.2 Å². The van der Waals surface area contributed by atoms with Crippen LogP contribution in [-0.2, 0) is 9.59 Å². The van der Waals surface area contributed by atoms with Gasteiger partial charge in [0, 0.05) is 30.7 Å². The highest BCUT2D eigenvalue weighted by atomic mass is 16.2. The van der Waals surface area contributed by atoms with Crippen LogP contribution in [0.3, 0.4) is 0 Å². The number of nitrogens with zero attached hydrogens (tertiary/aromatic N) is 1. The van der Waals surface area contributed by atoms with Crippen molar-refractivity contribution in [1.29, 1.82) is 0 Å². The standard InChI is InChI=1S/C19H27N3O2/c1-14-4-5-16(15(2)10-14)21-17(23)11-18(24)22-9-3-6-19(13-22)7-8-20-12-19/h4-5,10,20H,3,6-9,11-13H2,1-2H3,(H,21,23)/t19-/m1/s1. The molecule has 0 radical (unpaired) electrons. The molecular weight excluding hydrogens is 302 g/mol. The molecule has 130 valence electrons. The molecule has 0 saturated carbocycles. The van der Waals surface area contributed by atoms with E-state index in [0.717, 1.165) is 55.8 Å². The number of piperidine rings is 1. The molecule has 1 aromatic carbocycles. The van der Waals surface area contributed by atoms with Gasteiger partial charge in [-0.15, -0.1) is 0 Å². The van der Waals surface area contributed by atoms with Crippen LogP contribution in [-0.4, -0.2) is 42.9 Å². The molecule has 0 unspecified atom stereocenters. The quantitative estimate of drug-likeness (QED) is 0.836. The predicted octanol–water partition coefficient (Wildman–Crippen LogP) is 2.23. The van der Waals surface area contributed by atoms with Crippen LogP contribution in [0.25, 0.3) is 0 Å². The number of carbonyl (C=O) groups is 2. The summed E-state index contributed by atoms with van der Waals surface area (Å²) in [6.07, 6.45) is 3.27. The minimum absolute atomic E-state index is 0.0526. The van der Waals surface area contributed by atoms with E-state index < -0.39 is 0 Å². The van der Waals surface area contributed by atoms with Crippen LogP contribution in [0.2, 0.25) is 0 Å². The number of rotatable bonds is 3. The van der Waals surface area contributed by atoms with E-state index in [1.807, 2.05) is 36.9 Å². The molecule has 3 rings (SSSR count). The number of aryl methyl sites for hydroxylation is 2. The van der Waals surface area contributed by atoms with Crippen LogP contribution < -0.4 is 10.6 Å². The highest BCUT2D eigenvalue weighted by molar-refractivity contribution is 6.03. The lowest BCUT2D eigenvalue weighted by atomic mass is 9.79. The number of nitrogens with one attached hydrogen (secondary N) is 2. The summed E-state index contributed by atoms with van der Waals surface area (Å²) >= 11 is 0. The van der Waals surface area contributed by atoms with Crippen molar-refractivity contribution >= 4 is 17.5 Å². The van der Waals surface area contributed by atoms with E-state index >= 15 is 0 Å². The molecule has 0 aromatic heterocycles. The fourth-order valence-corrected chi connectivity index (χ4v) is 3.96. The third-order valence-electron chi connectivity index (χ3n) is 5.31. The highest BCUT2D eigenvalue weighted by Gasteiger charge is 2.39. The largest absolute Gasteiger partial charge is 0.342 e. The van der Waals surface area contributed by atoms with Crippen LogP contribution in [0.1, 0.15) is 36.8 Å². The van der Waals surface area contributed by atoms with E-state index in [1.54, 1.807) is 0 Å². The molecule has 2 fully saturated rings. The van der Waals surface area contributed by atoms with Gasteiger partial charge in [0.2, 0.25) is 11.8 Å². The van der Waals surface area contributed by atoms with Crippen molar-refractivity contribution in [2.24, 2.45) is 5.41 Å². The highest BCUT2D eigenvalue weighted by Crippen LogP contribution is 2.35. The third kappa shape index (κ3) is 3.78. The number of anilines is 1. The summed E-state index contributed by atoms with van der Waals surface area (Å²) in [5.74, 6) is -0.278. The Bertz CT molecular complexity index is 635. The van der Waals surface area contributed by atoms with Crippen LogP contribution in [0, 0.1) is 19.3 Å². The first-order valence-electron chi connectivity index (χ1n) is 8.83. The first-order valence-corrected chi connectivity index (χ1v) is 8.83. The number of hydrogen-bond acceptors (Lipinski definition) is 3. The van der Waals surface area contributed by atoms with Gasteiger partial charge in [-0.25, -0.2) is 0 Å². The van der Waals surface area contributed by atoms with Gasteiger partial charge in [0.05, 0.1) is 0 Å². The molecule has 24 heavy (non-hydrogen) atoms. The van der Waals surface area contributed by atoms with Crippen molar-refractivity contribution in [1.82, 2.24) is 10.2 Å². The molecule has 2 heterocycles. The molecule has 2 saturated heterocycles. The van der Waals surface area contributed by atoms with Gasteiger partial charge in [0.15, 0.2) is 0 Å². The van der Waals surface area contributed by atoms with Gasteiger partial charge >= 0.3 is 0 Å². The molecule has 5 heteroatoms. The number of carbonyl (C=O) groups excluding carboxylic acids is 2. The maximum atomic E-state index is 12.5. The fourth-order valence-electron chi connectivity index (χ4n) is 3.96. The summed E-state index contributed by atoms with van der Waals surface area (Å²) in [6, 6.07) is 5.89. The number of likely N-dealkylation sites (tertiary alicyclic amines) is 1. The SMILES string of the molecule is Cc1ccc(NC(=O)CC(=O)N2CCC[C@]3(CCNC3)C2)c(C)c1. The second-order valence-corrected chi connectivity index (χ2v) is 7.39. The van der Waals surface area contributed by atoms with Crippen LogP contribution >= 0.6 is 0 Å². The minimum atomic E-state index is -0.226. The Morgan fingerprint density at radius 3 is 2.83 bits per heavy atom. The first-order chi connectivity index (χ1) is 11.5. The third-order valence-corrected chi connectivity index (χ3v) is 5.31. The lowest BCUT2D eigenvalue weighted by Gasteiger charge is -2.40. The predicted molar refractivity (Wildman–Crippen MR) is 94.9 cm³/mol. The van der Waals surface area contributed by atoms with E-state index in [1.165, 1.54) is 6.42 Å². The maximum absolute atomic E-state index is 12.5. The van der Waals surface area contributed by atoms with Crippen molar-refractivity contribution in [2.75, 3.05) is 31.5 Å². The zero-order valence-corrected chi connectivity index (χ0v) is 14.7. The molecule has 2 aliphatic heterocycles. The van der Waals surface area contributed by atoms with Gasteiger partial charge in [-0.05, 0) is 51.3 Å².